The summed E-state index contributed by atoms with van der Waals surface area (Å²) in [6.45, 7) is 9.93. The van der Waals surface area contributed by atoms with Crippen molar-refractivity contribution in [2.75, 3.05) is 26.2 Å². The standard InChI is InChI=1S/C12H24N2/c1-3-11-8-14(9-11)10(2)12-5-4-6-13-7-12/h10-13H,3-9H2,1-2H3. The van der Waals surface area contributed by atoms with Crippen LogP contribution in [0.2, 0.25) is 0 Å². The maximum absolute atomic E-state index is 3.52. The van der Waals surface area contributed by atoms with Crippen LogP contribution >= 0.6 is 0 Å². The molecule has 0 saturated carbocycles. The molecule has 0 bridgehead atoms. The summed E-state index contributed by atoms with van der Waals surface area (Å²) in [4.78, 5) is 2.67. The van der Waals surface area contributed by atoms with Crippen LogP contribution in [0.15, 0.2) is 0 Å². The van der Waals surface area contributed by atoms with E-state index in [4.69, 9.17) is 0 Å². The second kappa shape index (κ2) is 4.63. The number of piperidine rings is 1. The highest BCUT2D eigenvalue weighted by atomic mass is 15.2. The van der Waals surface area contributed by atoms with E-state index in [1.807, 2.05) is 0 Å². The first-order chi connectivity index (χ1) is 6.81. The van der Waals surface area contributed by atoms with E-state index >= 15 is 0 Å². The van der Waals surface area contributed by atoms with Crippen molar-refractivity contribution in [1.82, 2.24) is 10.2 Å². The normalized spacial score (nSPS) is 32.6. The van der Waals surface area contributed by atoms with Gasteiger partial charge in [0.15, 0.2) is 0 Å². The molecule has 82 valence electrons. The molecule has 2 aliphatic heterocycles. The monoisotopic (exact) mass is 196 g/mol. The lowest BCUT2D eigenvalue weighted by Gasteiger charge is -2.46. The lowest BCUT2D eigenvalue weighted by Crippen LogP contribution is -2.55. The zero-order valence-electron chi connectivity index (χ0n) is 9.63. The molecular formula is C12H24N2. The summed E-state index contributed by atoms with van der Waals surface area (Å²) in [5.41, 5.74) is 0. The fourth-order valence-electron chi connectivity index (χ4n) is 2.79. The fraction of sp³-hybridized carbons (Fsp3) is 1.00. The van der Waals surface area contributed by atoms with Gasteiger partial charge in [0, 0.05) is 19.1 Å². The smallest absolute Gasteiger partial charge is 0.0108 e. The Labute approximate surface area is 88.1 Å². The van der Waals surface area contributed by atoms with Crippen molar-refractivity contribution >= 4 is 0 Å². The van der Waals surface area contributed by atoms with E-state index in [2.05, 4.69) is 24.1 Å². The molecule has 2 unspecified atom stereocenters. The molecule has 2 fully saturated rings. The summed E-state index contributed by atoms with van der Waals surface area (Å²) in [5.74, 6) is 1.90. The summed E-state index contributed by atoms with van der Waals surface area (Å²) >= 11 is 0. The maximum atomic E-state index is 3.52. The summed E-state index contributed by atoms with van der Waals surface area (Å²) in [7, 11) is 0. The van der Waals surface area contributed by atoms with Crippen molar-refractivity contribution in [3.63, 3.8) is 0 Å². The van der Waals surface area contributed by atoms with Crippen molar-refractivity contribution in [3.8, 4) is 0 Å². The third kappa shape index (κ3) is 2.12. The van der Waals surface area contributed by atoms with Crippen LogP contribution in [0.5, 0.6) is 0 Å². The largest absolute Gasteiger partial charge is 0.316 e. The number of rotatable bonds is 3. The summed E-state index contributed by atoms with van der Waals surface area (Å²) < 4.78 is 0. The highest BCUT2D eigenvalue weighted by molar-refractivity contribution is 4.87. The van der Waals surface area contributed by atoms with Gasteiger partial charge in [-0.25, -0.2) is 0 Å². The molecule has 2 aliphatic rings. The van der Waals surface area contributed by atoms with E-state index in [0.717, 1.165) is 17.9 Å². The molecule has 2 nitrogen and oxygen atoms in total. The molecular weight excluding hydrogens is 172 g/mol. The van der Waals surface area contributed by atoms with Gasteiger partial charge in [-0.2, -0.15) is 0 Å². The van der Waals surface area contributed by atoms with E-state index in [1.165, 1.54) is 45.4 Å². The van der Waals surface area contributed by atoms with Crippen LogP contribution < -0.4 is 5.32 Å². The molecule has 0 aromatic heterocycles. The number of hydrogen-bond donors (Lipinski definition) is 1. The quantitative estimate of drug-likeness (QED) is 0.739. The maximum Gasteiger partial charge on any atom is 0.0108 e. The number of hydrogen-bond acceptors (Lipinski definition) is 2. The van der Waals surface area contributed by atoms with Crippen LogP contribution in [0, 0.1) is 11.8 Å². The Balaban J connectivity index is 1.75. The third-order valence-corrected chi connectivity index (χ3v) is 4.16. The Morgan fingerprint density at radius 2 is 2.21 bits per heavy atom. The second-order valence-electron chi connectivity index (χ2n) is 5.08. The van der Waals surface area contributed by atoms with Gasteiger partial charge >= 0.3 is 0 Å². The van der Waals surface area contributed by atoms with Crippen LogP contribution in [-0.2, 0) is 0 Å². The van der Waals surface area contributed by atoms with E-state index < -0.39 is 0 Å². The van der Waals surface area contributed by atoms with Gasteiger partial charge in [-0.15, -0.1) is 0 Å². The van der Waals surface area contributed by atoms with Gasteiger partial charge in [0.05, 0.1) is 0 Å². The van der Waals surface area contributed by atoms with Gasteiger partial charge in [-0.3, -0.25) is 4.90 Å². The summed E-state index contributed by atoms with van der Waals surface area (Å²) in [6, 6.07) is 0.811. The second-order valence-corrected chi connectivity index (χ2v) is 5.08. The predicted molar refractivity (Wildman–Crippen MR) is 60.4 cm³/mol. The topological polar surface area (TPSA) is 15.3 Å². The SMILES string of the molecule is CCC1CN(C(C)C2CCCNC2)C1. The van der Waals surface area contributed by atoms with Crippen molar-refractivity contribution in [3.05, 3.63) is 0 Å². The Kier molecular flexibility index (Phi) is 3.45. The highest BCUT2D eigenvalue weighted by Gasteiger charge is 2.33. The van der Waals surface area contributed by atoms with Crippen LogP contribution in [0.4, 0.5) is 0 Å². The van der Waals surface area contributed by atoms with Crippen molar-refractivity contribution in [2.45, 2.75) is 39.2 Å². The van der Waals surface area contributed by atoms with Crippen molar-refractivity contribution in [1.29, 1.82) is 0 Å². The average Bonchev–Trinajstić information content (AvgIpc) is 2.17. The van der Waals surface area contributed by atoms with Gasteiger partial charge in [-0.05, 0) is 44.7 Å². The molecule has 1 N–H and O–H groups in total. The van der Waals surface area contributed by atoms with Crippen LogP contribution in [0.1, 0.15) is 33.1 Å². The minimum atomic E-state index is 0.811. The van der Waals surface area contributed by atoms with E-state index in [-0.39, 0.29) is 0 Å². The van der Waals surface area contributed by atoms with Gasteiger partial charge in [0.25, 0.3) is 0 Å². The first kappa shape index (κ1) is 10.4. The van der Waals surface area contributed by atoms with Gasteiger partial charge in [0.2, 0.25) is 0 Å². The fourth-order valence-corrected chi connectivity index (χ4v) is 2.79. The zero-order chi connectivity index (χ0) is 9.97. The van der Waals surface area contributed by atoms with Crippen molar-refractivity contribution in [2.24, 2.45) is 11.8 Å². The lowest BCUT2D eigenvalue weighted by atomic mass is 9.87. The van der Waals surface area contributed by atoms with E-state index in [1.54, 1.807) is 0 Å². The lowest BCUT2D eigenvalue weighted by molar-refractivity contribution is 0.0258. The molecule has 0 aromatic rings. The molecule has 2 heterocycles. The predicted octanol–water partition coefficient (Wildman–Crippen LogP) is 1.72. The van der Waals surface area contributed by atoms with Crippen LogP contribution in [0.3, 0.4) is 0 Å². The molecule has 14 heavy (non-hydrogen) atoms. The van der Waals surface area contributed by atoms with E-state index in [9.17, 15) is 0 Å². The Morgan fingerprint density at radius 3 is 2.79 bits per heavy atom. The molecule has 0 aliphatic carbocycles. The molecule has 2 rings (SSSR count). The molecule has 0 amide bonds. The van der Waals surface area contributed by atoms with Gasteiger partial charge in [0.1, 0.15) is 0 Å². The molecule has 0 radical (unpaired) electrons. The number of nitrogens with one attached hydrogen (secondary N) is 1. The highest BCUT2D eigenvalue weighted by Crippen LogP contribution is 2.27. The van der Waals surface area contributed by atoms with Crippen LogP contribution in [-0.4, -0.2) is 37.1 Å². The average molecular weight is 196 g/mol. The zero-order valence-corrected chi connectivity index (χ0v) is 9.63. The minimum Gasteiger partial charge on any atom is -0.316 e. The first-order valence-corrected chi connectivity index (χ1v) is 6.26. The minimum absolute atomic E-state index is 0.811. The first-order valence-electron chi connectivity index (χ1n) is 6.26. The molecule has 2 atom stereocenters. The Hall–Kier alpha value is -0.0800. The van der Waals surface area contributed by atoms with Crippen LogP contribution in [0.25, 0.3) is 0 Å². The molecule has 0 aromatic carbocycles. The van der Waals surface area contributed by atoms with E-state index in [0.29, 0.717) is 0 Å². The molecule has 0 spiro atoms. The Morgan fingerprint density at radius 1 is 1.43 bits per heavy atom. The van der Waals surface area contributed by atoms with Gasteiger partial charge < -0.3 is 5.32 Å². The molecule has 2 heteroatoms. The number of nitrogens with zero attached hydrogens (tertiary/aromatic N) is 1. The molecule has 2 saturated heterocycles. The van der Waals surface area contributed by atoms with Crippen molar-refractivity contribution < 1.29 is 0 Å². The summed E-state index contributed by atoms with van der Waals surface area (Å²) in [6.07, 6.45) is 4.17. The third-order valence-electron chi connectivity index (χ3n) is 4.16. The number of likely N-dealkylation sites (tertiary alicyclic amines) is 1. The summed E-state index contributed by atoms with van der Waals surface area (Å²) in [5, 5.41) is 3.52. The Bertz CT molecular complexity index is 169. The van der Waals surface area contributed by atoms with Gasteiger partial charge in [-0.1, -0.05) is 13.3 Å².